The molecule has 6 nitrogen and oxygen atoms in total. The summed E-state index contributed by atoms with van der Waals surface area (Å²) in [5.41, 5.74) is 5.21. The third-order valence-corrected chi connectivity index (χ3v) is 4.33. The van der Waals surface area contributed by atoms with Crippen molar-refractivity contribution in [3.05, 3.63) is 17.7 Å². The molecule has 0 fully saturated rings. The first-order chi connectivity index (χ1) is 9.66. The Labute approximate surface area is 134 Å². The van der Waals surface area contributed by atoms with E-state index in [2.05, 4.69) is 0 Å². The molecule has 0 aliphatic rings. The van der Waals surface area contributed by atoms with E-state index < -0.39 is 29.0 Å². The molecular weight excluding hydrogens is 342 g/mol. The van der Waals surface area contributed by atoms with Crippen molar-refractivity contribution in [2.75, 3.05) is 27.3 Å². The largest absolute Gasteiger partial charge is 0.493 e. The second-order valence-corrected chi connectivity index (χ2v) is 6.09. The van der Waals surface area contributed by atoms with Gasteiger partial charge in [-0.2, -0.15) is 0 Å². The SMILES string of the molecule is COc1cc(C)c(S(=O)(=O)NCC(F)(F)CN)cc1OC.Cl. The summed E-state index contributed by atoms with van der Waals surface area (Å²) in [6.07, 6.45) is 0. The smallest absolute Gasteiger partial charge is 0.273 e. The van der Waals surface area contributed by atoms with Gasteiger partial charge in [0, 0.05) is 6.07 Å². The van der Waals surface area contributed by atoms with E-state index in [-0.39, 0.29) is 23.1 Å². The van der Waals surface area contributed by atoms with Crippen molar-refractivity contribution in [1.82, 2.24) is 4.72 Å². The van der Waals surface area contributed by atoms with E-state index in [0.29, 0.717) is 11.3 Å². The molecule has 1 aromatic carbocycles. The van der Waals surface area contributed by atoms with E-state index in [1.807, 2.05) is 4.72 Å². The average molecular weight is 361 g/mol. The van der Waals surface area contributed by atoms with Crippen LogP contribution in [0.5, 0.6) is 11.5 Å². The fourth-order valence-corrected chi connectivity index (χ4v) is 2.90. The van der Waals surface area contributed by atoms with E-state index in [1.165, 1.54) is 33.3 Å². The number of hydrogen-bond acceptors (Lipinski definition) is 5. The number of rotatable bonds is 7. The fourth-order valence-electron chi connectivity index (χ4n) is 1.60. The maximum Gasteiger partial charge on any atom is 0.273 e. The Hall–Kier alpha value is -1.16. The normalized spacial score (nSPS) is 11.7. The van der Waals surface area contributed by atoms with Crippen LogP contribution in [0.4, 0.5) is 8.78 Å². The lowest BCUT2D eigenvalue weighted by atomic mass is 10.2. The number of halogens is 3. The summed E-state index contributed by atoms with van der Waals surface area (Å²) >= 11 is 0. The van der Waals surface area contributed by atoms with Crippen molar-refractivity contribution in [1.29, 1.82) is 0 Å². The van der Waals surface area contributed by atoms with Crippen LogP contribution < -0.4 is 19.9 Å². The summed E-state index contributed by atoms with van der Waals surface area (Å²) in [6, 6.07) is 2.67. The van der Waals surface area contributed by atoms with Crippen LogP contribution in [-0.2, 0) is 10.0 Å². The van der Waals surface area contributed by atoms with Crippen LogP contribution in [0.15, 0.2) is 17.0 Å². The first-order valence-electron chi connectivity index (χ1n) is 5.97. The Balaban J connectivity index is 0.00000441. The molecule has 1 aromatic rings. The van der Waals surface area contributed by atoms with Crippen molar-refractivity contribution in [2.24, 2.45) is 5.73 Å². The van der Waals surface area contributed by atoms with Gasteiger partial charge in [0.1, 0.15) is 0 Å². The standard InChI is InChI=1S/C12H18F2N2O4S.ClH/c1-8-4-9(19-2)10(20-3)5-11(8)21(17,18)16-7-12(13,14)6-15;/h4-5,16H,6-7,15H2,1-3H3;1H. The highest BCUT2D eigenvalue weighted by Gasteiger charge is 2.30. The average Bonchev–Trinajstić information content (AvgIpc) is 2.44. The maximum atomic E-state index is 13.1. The number of benzene rings is 1. The van der Waals surface area contributed by atoms with Gasteiger partial charge >= 0.3 is 0 Å². The van der Waals surface area contributed by atoms with Crippen molar-refractivity contribution in [3.63, 3.8) is 0 Å². The Morgan fingerprint density at radius 2 is 1.73 bits per heavy atom. The van der Waals surface area contributed by atoms with Gasteiger partial charge in [-0.1, -0.05) is 0 Å². The number of methoxy groups -OCH3 is 2. The molecule has 0 radical (unpaired) electrons. The van der Waals surface area contributed by atoms with Crippen LogP contribution in [0.3, 0.4) is 0 Å². The number of sulfonamides is 1. The lowest BCUT2D eigenvalue weighted by molar-refractivity contribution is 0.0170. The molecule has 128 valence electrons. The lowest BCUT2D eigenvalue weighted by Gasteiger charge is -2.17. The molecule has 22 heavy (non-hydrogen) atoms. The zero-order valence-electron chi connectivity index (χ0n) is 12.4. The van der Waals surface area contributed by atoms with E-state index >= 15 is 0 Å². The molecule has 0 saturated carbocycles. The number of hydrogen-bond donors (Lipinski definition) is 2. The van der Waals surface area contributed by atoms with Gasteiger partial charge in [0.25, 0.3) is 5.92 Å². The second-order valence-electron chi connectivity index (χ2n) is 4.36. The molecule has 3 N–H and O–H groups in total. The Morgan fingerprint density at radius 3 is 2.18 bits per heavy atom. The van der Waals surface area contributed by atoms with Gasteiger partial charge in [-0.05, 0) is 18.6 Å². The molecule has 0 atom stereocenters. The summed E-state index contributed by atoms with van der Waals surface area (Å²) in [6.45, 7) is -0.488. The third kappa shape index (κ3) is 4.94. The number of nitrogens with two attached hydrogens (primary N) is 1. The minimum absolute atomic E-state index is 0. The number of aryl methyl sites for hydroxylation is 1. The zero-order valence-corrected chi connectivity index (χ0v) is 14.0. The third-order valence-electron chi connectivity index (χ3n) is 2.79. The molecule has 0 bridgehead atoms. The Bertz CT molecular complexity index is 611. The fraction of sp³-hybridized carbons (Fsp3) is 0.500. The topological polar surface area (TPSA) is 90.7 Å². The van der Waals surface area contributed by atoms with Crippen molar-refractivity contribution in [2.45, 2.75) is 17.7 Å². The molecule has 0 saturated heterocycles. The minimum atomic E-state index is -4.11. The molecule has 1 rings (SSSR count). The van der Waals surface area contributed by atoms with Crippen molar-refractivity contribution in [3.8, 4) is 11.5 Å². The van der Waals surface area contributed by atoms with Gasteiger partial charge in [-0.3, -0.25) is 0 Å². The van der Waals surface area contributed by atoms with E-state index in [9.17, 15) is 17.2 Å². The van der Waals surface area contributed by atoms with Gasteiger partial charge in [-0.25, -0.2) is 21.9 Å². The molecule has 0 spiro atoms. The Kier molecular flexibility index (Phi) is 7.49. The highest BCUT2D eigenvalue weighted by Crippen LogP contribution is 2.32. The summed E-state index contributed by atoms with van der Waals surface area (Å²) in [5.74, 6) is -2.77. The number of nitrogens with one attached hydrogen (secondary N) is 1. The van der Waals surface area contributed by atoms with Crippen molar-refractivity contribution < 1.29 is 26.7 Å². The maximum absolute atomic E-state index is 13.1. The molecule has 0 aliphatic carbocycles. The van der Waals surface area contributed by atoms with Crippen LogP contribution in [-0.4, -0.2) is 41.6 Å². The van der Waals surface area contributed by atoms with E-state index in [0.717, 1.165) is 0 Å². The van der Waals surface area contributed by atoms with Gasteiger partial charge in [0.2, 0.25) is 10.0 Å². The molecule has 0 unspecified atom stereocenters. The first-order valence-corrected chi connectivity index (χ1v) is 7.45. The highest BCUT2D eigenvalue weighted by atomic mass is 35.5. The van der Waals surface area contributed by atoms with Gasteiger partial charge in [0.15, 0.2) is 11.5 Å². The predicted octanol–water partition coefficient (Wildman–Crippen LogP) is 1.31. The summed E-state index contributed by atoms with van der Waals surface area (Å²) < 4.78 is 62.2. The number of ether oxygens (including phenoxy) is 2. The summed E-state index contributed by atoms with van der Waals surface area (Å²) in [4.78, 5) is -0.159. The number of alkyl halides is 2. The molecule has 0 amide bonds. The zero-order chi connectivity index (χ0) is 16.3. The Morgan fingerprint density at radius 1 is 1.23 bits per heavy atom. The molecule has 10 heteroatoms. The van der Waals surface area contributed by atoms with Crippen LogP contribution in [0.25, 0.3) is 0 Å². The molecular formula is C12H19ClF2N2O4S. The molecule has 0 aromatic heterocycles. The molecule has 0 heterocycles. The van der Waals surface area contributed by atoms with Crippen molar-refractivity contribution >= 4 is 22.4 Å². The summed E-state index contributed by atoms with van der Waals surface area (Å²) in [5, 5.41) is 0. The first kappa shape index (κ1) is 20.8. The predicted molar refractivity (Wildman–Crippen MR) is 80.7 cm³/mol. The van der Waals surface area contributed by atoms with Gasteiger partial charge in [-0.15, -0.1) is 12.4 Å². The monoisotopic (exact) mass is 360 g/mol. The molecule has 0 aliphatic heterocycles. The van der Waals surface area contributed by atoms with Crippen LogP contribution in [0.2, 0.25) is 0 Å². The quantitative estimate of drug-likeness (QED) is 0.765. The summed E-state index contributed by atoms with van der Waals surface area (Å²) in [7, 11) is -1.36. The highest BCUT2D eigenvalue weighted by molar-refractivity contribution is 7.89. The van der Waals surface area contributed by atoms with Gasteiger partial charge < -0.3 is 15.2 Å². The van der Waals surface area contributed by atoms with Crippen LogP contribution >= 0.6 is 12.4 Å². The minimum Gasteiger partial charge on any atom is -0.493 e. The van der Waals surface area contributed by atoms with E-state index in [4.69, 9.17) is 15.2 Å². The van der Waals surface area contributed by atoms with E-state index in [1.54, 1.807) is 0 Å². The lowest BCUT2D eigenvalue weighted by Crippen LogP contribution is -2.41. The van der Waals surface area contributed by atoms with Crippen LogP contribution in [0.1, 0.15) is 5.56 Å². The van der Waals surface area contributed by atoms with Gasteiger partial charge in [0.05, 0.1) is 32.2 Å². The second kappa shape index (κ2) is 7.91. The van der Waals surface area contributed by atoms with Crippen LogP contribution in [0, 0.1) is 6.92 Å².